The highest BCUT2D eigenvalue weighted by Gasteiger charge is 2.13. The minimum Gasteiger partial charge on any atom is -0.336 e. The fraction of sp³-hybridized carbons (Fsp3) is 0.167. The highest BCUT2D eigenvalue weighted by atomic mass is 32.2. The Bertz CT molecular complexity index is 1060. The lowest BCUT2D eigenvalue weighted by Crippen LogP contribution is -2.13. The smallest absolute Gasteiger partial charge is 0.211 e. The van der Waals surface area contributed by atoms with Crippen LogP contribution in [0.3, 0.4) is 0 Å². The fourth-order valence-corrected chi connectivity index (χ4v) is 4.70. The third-order valence-corrected chi connectivity index (χ3v) is 6.23. The molecule has 5 heteroatoms. The number of amides is 1. The lowest BCUT2D eigenvalue weighted by atomic mass is 10.00. The van der Waals surface area contributed by atoms with Crippen molar-refractivity contribution < 1.29 is 4.79 Å². The number of thioether (sulfide) groups is 1. The van der Waals surface area contributed by atoms with E-state index in [0.29, 0.717) is 11.7 Å². The van der Waals surface area contributed by atoms with Crippen molar-refractivity contribution in [2.45, 2.75) is 29.5 Å². The number of carbonyl (C=O) groups excluding carboxylic acids is 1. The molecule has 1 heterocycles. The molecular formula is C24H23N3OS. The standard InChI is InChI=1S/C24H23N3OS/c28-18-26-21-9-12-22(13-10-21)29-23(16-27-15-14-25-17-27)11-8-20-6-3-5-19-4-1-2-7-24(19)20/h1-7,9-10,12-15,17-18,23H,8,11,16H2,(H,26,28). The van der Waals surface area contributed by atoms with Crippen molar-refractivity contribution in [2.75, 3.05) is 5.32 Å². The third kappa shape index (κ3) is 5.06. The zero-order chi connectivity index (χ0) is 19.9. The molecule has 0 saturated carbocycles. The van der Waals surface area contributed by atoms with Gasteiger partial charge in [-0.3, -0.25) is 4.79 Å². The van der Waals surface area contributed by atoms with Gasteiger partial charge in [0, 0.05) is 34.8 Å². The predicted octanol–water partition coefficient (Wildman–Crippen LogP) is 5.40. The van der Waals surface area contributed by atoms with Gasteiger partial charge in [0.15, 0.2) is 0 Å². The summed E-state index contributed by atoms with van der Waals surface area (Å²) in [4.78, 5) is 16.0. The predicted molar refractivity (Wildman–Crippen MR) is 120 cm³/mol. The minimum absolute atomic E-state index is 0.410. The summed E-state index contributed by atoms with van der Waals surface area (Å²) in [5, 5.41) is 5.73. The third-order valence-electron chi connectivity index (χ3n) is 4.97. The molecule has 29 heavy (non-hydrogen) atoms. The second kappa shape index (κ2) is 9.43. The van der Waals surface area contributed by atoms with Gasteiger partial charge in [0.1, 0.15) is 0 Å². The first-order chi connectivity index (χ1) is 14.3. The average Bonchev–Trinajstić information content (AvgIpc) is 3.27. The first-order valence-corrected chi connectivity index (χ1v) is 10.6. The van der Waals surface area contributed by atoms with E-state index < -0.39 is 0 Å². The number of fused-ring (bicyclic) bond motifs is 1. The molecule has 1 amide bonds. The Morgan fingerprint density at radius 2 is 1.86 bits per heavy atom. The Balaban J connectivity index is 1.50. The van der Waals surface area contributed by atoms with Crippen LogP contribution < -0.4 is 5.32 Å². The van der Waals surface area contributed by atoms with Crippen molar-refractivity contribution >= 4 is 34.6 Å². The summed E-state index contributed by atoms with van der Waals surface area (Å²) in [7, 11) is 0. The largest absolute Gasteiger partial charge is 0.336 e. The van der Waals surface area contributed by atoms with Crippen molar-refractivity contribution in [3.63, 3.8) is 0 Å². The van der Waals surface area contributed by atoms with Crippen LogP contribution in [0.2, 0.25) is 0 Å². The van der Waals surface area contributed by atoms with E-state index >= 15 is 0 Å². The minimum atomic E-state index is 0.410. The van der Waals surface area contributed by atoms with Gasteiger partial charge in [-0.1, -0.05) is 42.5 Å². The van der Waals surface area contributed by atoms with Gasteiger partial charge in [0.25, 0.3) is 0 Å². The van der Waals surface area contributed by atoms with Crippen LogP contribution in [0.15, 0.2) is 90.3 Å². The van der Waals surface area contributed by atoms with Gasteiger partial charge in [0.2, 0.25) is 6.41 Å². The number of anilines is 1. The second-order valence-electron chi connectivity index (χ2n) is 6.96. The number of hydrogen-bond acceptors (Lipinski definition) is 3. The molecule has 0 aliphatic carbocycles. The number of rotatable bonds is 9. The summed E-state index contributed by atoms with van der Waals surface area (Å²) >= 11 is 1.87. The molecule has 3 aromatic carbocycles. The molecule has 4 rings (SSSR count). The maximum Gasteiger partial charge on any atom is 0.211 e. The number of carbonyl (C=O) groups is 1. The van der Waals surface area contributed by atoms with Crippen LogP contribution in [-0.2, 0) is 17.8 Å². The summed E-state index contributed by atoms with van der Waals surface area (Å²) < 4.78 is 2.14. The van der Waals surface area contributed by atoms with Crippen molar-refractivity contribution in [3.05, 3.63) is 91.0 Å². The van der Waals surface area contributed by atoms with Crippen LogP contribution in [0, 0.1) is 0 Å². The lowest BCUT2D eigenvalue weighted by Gasteiger charge is -2.18. The molecule has 146 valence electrons. The van der Waals surface area contributed by atoms with Crippen molar-refractivity contribution in [1.29, 1.82) is 0 Å². The maximum atomic E-state index is 10.6. The number of benzene rings is 3. The van der Waals surface area contributed by atoms with Gasteiger partial charge in [-0.15, -0.1) is 11.8 Å². The number of hydrogen-bond donors (Lipinski definition) is 1. The topological polar surface area (TPSA) is 46.9 Å². The Morgan fingerprint density at radius 3 is 2.66 bits per heavy atom. The second-order valence-corrected chi connectivity index (χ2v) is 8.34. The first kappa shape index (κ1) is 19.3. The van der Waals surface area contributed by atoms with Crippen molar-refractivity contribution in [3.8, 4) is 0 Å². The number of imidazole rings is 1. The lowest BCUT2D eigenvalue weighted by molar-refractivity contribution is -0.105. The number of nitrogens with zero attached hydrogens (tertiary/aromatic N) is 2. The molecule has 0 aliphatic heterocycles. The Morgan fingerprint density at radius 1 is 1.03 bits per heavy atom. The molecule has 4 nitrogen and oxygen atoms in total. The molecule has 1 unspecified atom stereocenters. The molecule has 0 bridgehead atoms. The molecule has 4 aromatic rings. The average molecular weight is 402 g/mol. The van der Waals surface area contributed by atoms with E-state index in [4.69, 9.17) is 0 Å². The Labute approximate surface area is 175 Å². The van der Waals surface area contributed by atoms with Gasteiger partial charge in [-0.05, 0) is 53.4 Å². The highest BCUT2D eigenvalue weighted by Crippen LogP contribution is 2.30. The molecule has 0 spiro atoms. The van der Waals surface area contributed by atoms with Crippen LogP contribution in [0.25, 0.3) is 10.8 Å². The SMILES string of the molecule is O=CNc1ccc(SC(CCc2cccc3ccccc23)Cn2ccnc2)cc1. The zero-order valence-corrected chi connectivity index (χ0v) is 16.9. The summed E-state index contributed by atoms with van der Waals surface area (Å²) in [6, 6.07) is 23.1. The Hall–Kier alpha value is -3.05. The van der Waals surface area contributed by atoms with E-state index in [9.17, 15) is 4.79 Å². The number of aromatic nitrogens is 2. The molecule has 1 N–H and O–H groups in total. The quantitative estimate of drug-likeness (QED) is 0.302. The van der Waals surface area contributed by atoms with E-state index in [-0.39, 0.29) is 0 Å². The summed E-state index contributed by atoms with van der Waals surface area (Å²) in [6.45, 7) is 0.907. The van der Waals surface area contributed by atoms with Crippen molar-refractivity contribution in [1.82, 2.24) is 9.55 Å². The molecule has 1 aromatic heterocycles. The maximum absolute atomic E-state index is 10.6. The molecule has 0 radical (unpaired) electrons. The summed E-state index contributed by atoms with van der Waals surface area (Å²) in [6.07, 6.45) is 8.51. The highest BCUT2D eigenvalue weighted by molar-refractivity contribution is 8.00. The van der Waals surface area contributed by atoms with Crippen LogP contribution in [0.5, 0.6) is 0 Å². The normalized spacial score (nSPS) is 12.0. The monoisotopic (exact) mass is 401 g/mol. The van der Waals surface area contributed by atoms with Gasteiger partial charge < -0.3 is 9.88 Å². The van der Waals surface area contributed by atoms with Crippen LogP contribution in [0.4, 0.5) is 5.69 Å². The van der Waals surface area contributed by atoms with E-state index in [0.717, 1.165) is 25.1 Å². The number of aryl methyl sites for hydroxylation is 1. The molecule has 1 atom stereocenters. The summed E-state index contributed by atoms with van der Waals surface area (Å²) in [5.74, 6) is 0. The molecular weight excluding hydrogens is 378 g/mol. The fourth-order valence-electron chi connectivity index (χ4n) is 3.53. The Kier molecular flexibility index (Phi) is 6.27. The van der Waals surface area contributed by atoms with Gasteiger partial charge in [-0.25, -0.2) is 4.98 Å². The molecule has 0 aliphatic rings. The zero-order valence-electron chi connectivity index (χ0n) is 16.1. The van der Waals surface area contributed by atoms with E-state index in [2.05, 4.69) is 69.5 Å². The summed E-state index contributed by atoms with van der Waals surface area (Å²) in [5.41, 5.74) is 2.20. The van der Waals surface area contributed by atoms with E-state index in [1.807, 2.05) is 42.6 Å². The first-order valence-electron chi connectivity index (χ1n) is 9.71. The van der Waals surface area contributed by atoms with Gasteiger partial charge in [0.05, 0.1) is 6.33 Å². The number of nitrogens with one attached hydrogen (secondary N) is 1. The molecule has 0 fully saturated rings. The van der Waals surface area contributed by atoms with E-state index in [1.54, 1.807) is 0 Å². The van der Waals surface area contributed by atoms with Crippen molar-refractivity contribution in [2.24, 2.45) is 0 Å². The van der Waals surface area contributed by atoms with Crippen LogP contribution in [-0.4, -0.2) is 21.2 Å². The molecule has 0 saturated heterocycles. The van der Waals surface area contributed by atoms with Crippen LogP contribution >= 0.6 is 11.8 Å². The van der Waals surface area contributed by atoms with E-state index in [1.165, 1.54) is 21.2 Å². The van der Waals surface area contributed by atoms with Gasteiger partial charge in [-0.2, -0.15) is 0 Å². The van der Waals surface area contributed by atoms with Gasteiger partial charge >= 0.3 is 0 Å². The van der Waals surface area contributed by atoms with Crippen LogP contribution in [0.1, 0.15) is 12.0 Å².